The summed E-state index contributed by atoms with van der Waals surface area (Å²) in [7, 11) is -3.57. The maximum Gasteiger partial charge on any atom is 0.146 e. The molecule has 0 amide bonds. The highest BCUT2D eigenvalue weighted by atomic mass is 32.1. The van der Waals surface area contributed by atoms with Crippen LogP contribution < -0.4 is 0 Å². The van der Waals surface area contributed by atoms with Crippen molar-refractivity contribution in [3.8, 4) is 70.3 Å². The van der Waals surface area contributed by atoms with Crippen molar-refractivity contribution in [2.75, 3.05) is 0 Å². The lowest BCUT2D eigenvalue weighted by Crippen LogP contribution is -2.43. The van der Waals surface area contributed by atoms with E-state index in [0.29, 0.717) is 33.2 Å². The SMILES string of the molecule is CCCC(C#Cc1ccc(C#CC(CCC)=C(C#Cc2ccc(C#C[Si](C(C)C)(C(C)C)C(C)C)s2)CCC)cc1)=C(C#Cc1ccc(C#C[Si](C(C)C)(C(C)C)C(C)C)s1)CCC. The maximum atomic E-state index is 3.87. The Morgan fingerprint density at radius 2 is 0.594 bits per heavy atom. The van der Waals surface area contributed by atoms with Gasteiger partial charge in [0.1, 0.15) is 16.1 Å². The average molecular weight is 920 g/mol. The molecule has 0 nitrogen and oxygen atoms in total. The third-order valence-electron chi connectivity index (χ3n) is 12.8. The Labute approximate surface area is 403 Å². The zero-order valence-corrected chi connectivity index (χ0v) is 46.2. The molecule has 0 saturated carbocycles. The number of thiophene rings is 2. The molecule has 0 aliphatic rings. The smallest absolute Gasteiger partial charge is 0.124 e. The molecular formula is C60H78S2Si2. The van der Waals surface area contributed by atoms with Gasteiger partial charge in [-0.3, -0.25) is 0 Å². The topological polar surface area (TPSA) is 0 Å². The van der Waals surface area contributed by atoms with Gasteiger partial charge in [0.15, 0.2) is 0 Å². The summed E-state index contributed by atoms with van der Waals surface area (Å²) in [6, 6.07) is 17.0. The second-order valence-electron chi connectivity index (χ2n) is 19.1. The molecule has 4 heteroatoms. The Kier molecular flexibility index (Phi) is 22.7. The van der Waals surface area contributed by atoms with Crippen LogP contribution in [0.15, 0.2) is 70.8 Å². The van der Waals surface area contributed by atoms with Gasteiger partial charge >= 0.3 is 0 Å². The summed E-state index contributed by atoms with van der Waals surface area (Å²) in [5.41, 5.74) is 18.0. The number of allylic oxidation sites excluding steroid dienone is 4. The van der Waals surface area contributed by atoms with Gasteiger partial charge in [-0.2, -0.15) is 0 Å². The molecule has 0 atom stereocenters. The first-order chi connectivity index (χ1) is 30.5. The van der Waals surface area contributed by atoms with E-state index in [0.717, 1.165) is 104 Å². The molecule has 0 bridgehead atoms. The van der Waals surface area contributed by atoms with E-state index in [2.05, 4.69) is 230 Å². The van der Waals surface area contributed by atoms with Crippen LogP contribution in [-0.4, -0.2) is 16.1 Å². The first-order valence-corrected chi connectivity index (χ1v) is 30.5. The van der Waals surface area contributed by atoms with Gasteiger partial charge in [-0.15, -0.1) is 33.8 Å². The van der Waals surface area contributed by atoms with Gasteiger partial charge in [0.25, 0.3) is 0 Å². The quantitative estimate of drug-likeness (QED) is 0.112. The summed E-state index contributed by atoms with van der Waals surface area (Å²) >= 11 is 3.43. The normalized spacial score (nSPS) is 12.2. The molecular weight excluding hydrogens is 841 g/mol. The third kappa shape index (κ3) is 15.0. The summed E-state index contributed by atoms with van der Waals surface area (Å²) < 4.78 is 0. The van der Waals surface area contributed by atoms with E-state index in [9.17, 15) is 0 Å². The second-order valence-corrected chi connectivity index (χ2v) is 32.4. The van der Waals surface area contributed by atoms with Crippen LogP contribution >= 0.6 is 22.7 Å². The molecule has 0 N–H and O–H groups in total. The molecule has 1 aromatic carbocycles. The van der Waals surface area contributed by atoms with Crippen molar-refractivity contribution >= 4 is 38.8 Å². The van der Waals surface area contributed by atoms with E-state index < -0.39 is 16.1 Å². The Hall–Kier alpha value is -4.11. The fourth-order valence-electron chi connectivity index (χ4n) is 9.51. The Bertz CT molecular complexity index is 2220. The number of hydrogen-bond donors (Lipinski definition) is 0. The highest BCUT2D eigenvalue weighted by Gasteiger charge is 2.42. The van der Waals surface area contributed by atoms with Crippen molar-refractivity contribution in [2.24, 2.45) is 0 Å². The molecule has 0 saturated heterocycles. The van der Waals surface area contributed by atoms with Crippen molar-refractivity contribution in [3.05, 3.63) is 101 Å². The molecule has 0 radical (unpaired) electrons. The minimum atomic E-state index is -1.78. The zero-order valence-electron chi connectivity index (χ0n) is 42.6. The average Bonchev–Trinajstić information content (AvgIpc) is 3.91. The molecule has 64 heavy (non-hydrogen) atoms. The highest BCUT2D eigenvalue weighted by molar-refractivity contribution is 7.13. The number of benzene rings is 1. The van der Waals surface area contributed by atoms with Crippen LogP contribution in [0.25, 0.3) is 0 Å². The van der Waals surface area contributed by atoms with Crippen LogP contribution in [-0.2, 0) is 0 Å². The minimum Gasteiger partial charge on any atom is -0.124 e. The Morgan fingerprint density at radius 3 is 0.828 bits per heavy atom. The predicted molar refractivity (Wildman–Crippen MR) is 292 cm³/mol. The van der Waals surface area contributed by atoms with E-state index in [-0.39, 0.29) is 0 Å². The lowest BCUT2D eigenvalue weighted by molar-refractivity contribution is 0.838. The predicted octanol–water partition coefficient (Wildman–Crippen LogP) is 17.5. The monoisotopic (exact) mass is 919 g/mol. The fraction of sp³-hybridized carbons (Fsp3) is 0.500. The van der Waals surface area contributed by atoms with Gasteiger partial charge in [0, 0.05) is 33.4 Å². The van der Waals surface area contributed by atoms with Crippen LogP contribution in [0.1, 0.15) is 193 Å². The van der Waals surface area contributed by atoms with Gasteiger partial charge < -0.3 is 0 Å². The molecule has 338 valence electrons. The van der Waals surface area contributed by atoms with Crippen molar-refractivity contribution in [3.63, 3.8) is 0 Å². The second kappa shape index (κ2) is 26.8. The molecule has 0 aliphatic heterocycles. The van der Waals surface area contributed by atoms with E-state index >= 15 is 0 Å². The van der Waals surface area contributed by atoms with E-state index in [1.54, 1.807) is 22.7 Å². The van der Waals surface area contributed by atoms with Crippen LogP contribution in [0.3, 0.4) is 0 Å². The number of rotatable bonds is 14. The fourth-order valence-corrected chi connectivity index (χ4v) is 21.6. The first-order valence-electron chi connectivity index (χ1n) is 24.4. The summed E-state index contributed by atoms with van der Waals surface area (Å²) in [5.74, 6) is 35.4. The third-order valence-corrected chi connectivity index (χ3v) is 27.2. The molecule has 0 unspecified atom stereocenters. The lowest BCUT2D eigenvalue weighted by Gasteiger charge is -2.38. The van der Waals surface area contributed by atoms with Crippen LogP contribution in [0, 0.1) is 70.3 Å². The molecule has 3 aromatic rings. The van der Waals surface area contributed by atoms with Crippen LogP contribution in [0.4, 0.5) is 0 Å². The molecule has 3 rings (SSSR count). The summed E-state index contributed by atoms with van der Waals surface area (Å²) in [5, 5.41) is 0. The van der Waals surface area contributed by atoms with Gasteiger partial charge in [-0.1, -0.05) is 196 Å². The van der Waals surface area contributed by atoms with E-state index in [1.807, 2.05) is 0 Å². The Balaban J connectivity index is 1.90. The van der Waals surface area contributed by atoms with Crippen molar-refractivity contribution < 1.29 is 0 Å². The summed E-state index contributed by atoms with van der Waals surface area (Å²) in [6.07, 6.45) is 7.79. The molecule has 2 heterocycles. The first kappa shape index (κ1) is 54.2. The summed E-state index contributed by atoms with van der Waals surface area (Å²) in [6.45, 7) is 37.3. The van der Waals surface area contributed by atoms with Gasteiger partial charge in [-0.05, 0) is 107 Å². The zero-order chi connectivity index (χ0) is 47.5. The molecule has 2 aromatic heterocycles. The maximum absolute atomic E-state index is 3.87. The van der Waals surface area contributed by atoms with Crippen molar-refractivity contribution in [1.82, 2.24) is 0 Å². The Morgan fingerprint density at radius 1 is 0.359 bits per heavy atom. The largest absolute Gasteiger partial charge is 0.146 e. The highest BCUT2D eigenvalue weighted by Crippen LogP contribution is 2.42. The van der Waals surface area contributed by atoms with Crippen LogP contribution in [0.5, 0.6) is 0 Å². The van der Waals surface area contributed by atoms with Crippen molar-refractivity contribution in [1.29, 1.82) is 0 Å². The van der Waals surface area contributed by atoms with Gasteiger partial charge in [0.2, 0.25) is 0 Å². The van der Waals surface area contributed by atoms with Gasteiger partial charge in [0.05, 0.1) is 19.5 Å². The van der Waals surface area contributed by atoms with Gasteiger partial charge in [-0.25, -0.2) is 0 Å². The van der Waals surface area contributed by atoms with Crippen molar-refractivity contribution in [2.45, 2.75) is 195 Å². The molecule has 0 spiro atoms. The van der Waals surface area contributed by atoms with Crippen LogP contribution in [0.2, 0.25) is 33.2 Å². The molecule has 0 fully saturated rings. The minimum absolute atomic E-state index is 0.617. The number of hydrogen-bond acceptors (Lipinski definition) is 2. The molecule has 0 aliphatic carbocycles. The van der Waals surface area contributed by atoms with E-state index in [4.69, 9.17) is 0 Å². The standard InChI is InChI=1S/C60H78S2Si2/c1-17-21-53(55(23-19-3)33-35-57-37-39-59(61-57)41-43-63(45(5)6,46(7)8)47(9)10)31-29-51-25-27-52(28-26-51)30-32-54(22-18-2)56(24-20-4)34-36-58-38-40-60(62-58)42-44-64(48(11)12,49(13)14)50(15)16/h25-28,37-40,45-50H,17-24H2,1-16H3. The lowest BCUT2D eigenvalue weighted by atomic mass is 9.99. The summed E-state index contributed by atoms with van der Waals surface area (Å²) in [4.78, 5) is 4.36. The van der Waals surface area contributed by atoms with E-state index in [1.165, 1.54) is 0 Å².